The van der Waals surface area contributed by atoms with Crippen LogP contribution in [0.5, 0.6) is 0 Å². The highest BCUT2D eigenvalue weighted by Crippen LogP contribution is 2.17. The van der Waals surface area contributed by atoms with E-state index in [2.05, 4.69) is 130 Å². The summed E-state index contributed by atoms with van der Waals surface area (Å²) in [5.74, 6) is -0.894. The van der Waals surface area contributed by atoms with Gasteiger partial charge in [0.05, 0.1) is 0 Å². The van der Waals surface area contributed by atoms with Gasteiger partial charge >= 0.3 is 17.9 Å². The van der Waals surface area contributed by atoms with Gasteiger partial charge in [-0.3, -0.25) is 14.4 Å². The first-order valence-electron chi connectivity index (χ1n) is 34.4. The molecule has 0 heterocycles. The Morgan fingerprint density at radius 1 is 0.259 bits per heavy atom. The molecule has 81 heavy (non-hydrogen) atoms. The summed E-state index contributed by atoms with van der Waals surface area (Å²) >= 11 is 0. The molecule has 0 aliphatic carbocycles. The summed E-state index contributed by atoms with van der Waals surface area (Å²) < 4.78 is 16.9. The second-order valence-corrected chi connectivity index (χ2v) is 22.7. The number of unbranched alkanes of at least 4 members (excludes halogenated alkanes) is 33. The largest absolute Gasteiger partial charge is 0.462 e. The van der Waals surface area contributed by atoms with Crippen LogP contribution in [0.3, 0.4) is 0 Å². The molecule has 0 amide bonds. The molecule has 0 saturated heterocycles. The van der Waals surface area contributed by atoms with E-state index < -0.39 is 6.10 Å². The molecule has 0 aromatic carbocycles. The Morgan fingerprint density at radius 2 is 0.481 bits per heavy atom. The van der Waals surface area contributed by atoms with Crippen LogP contribution in [0, 0.1) is 0 Å². The highest BCUT2D eigenvalue weighted by molar-refractivity contribution is 5.71. The highest BCUT2D eigenvalue weighted by atomic mass is 16.6. The van der Waals surface area contributed by atoms with Crippen LogP contribution >= 0.6 is 0 Å². The van der Waals surface area contributed by atoms with E-state index in [-0.39, 0.29) is 31.1 Å². The molecule has 0 N–H and O–H groups in total. The summed E-state index contributed by atoms with van der Waals surface area (Å²) in [6, 6.07) is 0. The van der Waals surface area contributed by atoms with Crippen LogP contribution in [0.25, 0.3) is 0 Å². The zero-order chi connectivity index (χ0) is 58.5. The van der Waals surface area contributed by atoms with Crippen molar-refractivity contribution in [3.63, 3.8) is 0 Å². The average molecular weight is 1130 g/mol. The van der Waals surface area contributed by atoms with Gasteiger partial charge in [0.25, 0.3) is 0 Å². The second-order valence-electron chi connectivity index (χ2n) is 22.7. The monoisotopic (exact) mass is 1120 g/mol. The van der Waals surface area contributed by atoms with Crippen molar-refractivity contribution in [1.29, 1.82) is 0 Å². The highest BCUT2D eigenvalue weighted by Gasteiger charge is 2.19. The van der Waals surface area contributed by atoms with Gasteiger partial charge in [0, 0.05) is 19.3 Å². The number of rotatable bonds is 62. The van der Waals surface area contributed by atoms with Gasteiger partial charge in [0.1, 0.15) is 13.2 Å². The van der Waals surface area contributed by atoms with Crippen LogP contribution in [0.1, 0.15) is 329 Å². The topological polar surface area (TPSA) is 78.9 Å². The molecule has 0 spiro atoms. The van der Waals surface area contributed by atoms with Crippen molar-refractivity contribution in [3.8, 4) is 0 Å². The standard InChI is InChI=1S/C75H128O6/c1-4-7-10-13-16-19-22-25-28-30-31-32-33-34-35-36-37-38-39-40-41-42-43-45-47-50-53-56-59-62-65-68-74(77)80-71-72(70-79-73(76)67-64-61-58-55-52-49-46-27-24-21-18-15-12-9-6-3)81-75(78)69-66-63-60-57-54-51-48-44-29-26-23-20-17-14-11-8-5-2/h7,9-10,12,16,18-19,21,25-29,31-32,34-35,46,72H,4-6,8,11,13-15,17,20,22-24,30,33,36-45,47-71H2,1-3H3/b10-7-,12-9-,19-16-,21-18-,28-25-,29-26-,32-31-,35-34-,46-27-. The van der Waals surface area contributed by atoms with Crippen molar-refractivity contribution in [1.82, 2.24) is 0 Å². The van der Waals surface area contributed by atoms with Gasteiger partial charge in [0.15, 0.2) is 6.10 Å². The van der Waals surface area contributed by atoms with E-state index in [4.69, 9.17) is 14.2 Å². The lowest BCUT2D eigenvalue weighted by Gasteiger charge is -2.18. The van der Waals surface area contributed by atoms with E-state index in [9.17, 15) is 14.4 Å². The number of carbonyl (C=O) groups is 3. The first-order valence-corrected chi connectivity index (χ1v) is 34.4. The van der Waals surface area contributed by atoms with Gasteiger partial charge in [-0.25, -0.2) is 0 Å². The Bertz CT molecular complexity index is 1620. The maximum absolute atomic E-state index is 12.9. The summed E-state index contributed by atoms with van der Waals surface area (Å²) in [5, 5.41) is 0. The molecule has 464 valence electrons. The molecule has 0 radical (unpaired) electrons. The predicted molar refractivity (Wildman–Crippen MR) is 353 cm³/mol. The number of carbonyl (C=O) groups excluding carboxylic acids is 3. The van der Waals surface area contributed by atoms with Gasteiger partial charge in [0.2, 0.25) is 0 Å². The van der Waals surface area contributed by atoms with Gasteiger partial charge in [-0.2, -0.15) is 0 Å². The van der Waals surface area contributed by atoms with Crippen molar-refractivity contribution in [2.75, 3.05) is 13.2 Å². The third-order valence-electron chi connectivity index (χ3n) is 14.7. The third kappa shape index (κ3) is 66.8. The van der Waals surface area contributed by atoms with E-state index in [1.807, 2.05) is 0 Å². The van der Waals surface area contributed by atoms with E-state index in [0.29, 0.717) is 19.3 Å². The van der Waals surface area contributed by atoms with Crippen LogP contribution in [0.4, 0.5) is 0 Å². The van der Waals surface area contributed by atoms with Crippen LogP contribution in [-0.2, 0) is 28.6 Å². The Kier molecular flexibility index (Phi) is 65.2. The minimum absolute atomic E-state index is 0.0838. The molecule has 1 unspecified atom stereocenters. The molecule has 0 fully saturated rings. The van der Waals surface area contributed by atoms with Crippen LogP contribution in [0.15, 0.2) is 109 Å². The number of allylic oxidation sites excluding steroid dienone is 18. The maximum atomic E-state index is 12.9. The molecule has 1 atom stereocenters. The van der Waals surface area contributed by atoms with Gasteiger partial charge in [-0.15, -0.1) is 0 Å². The normalized spacial score (nSPS) is 12.8. The first kappa shape index (κ1) is 77.1. The van der Waals surface area contributed by atoms with E-state index in [1.165, 1.54) is 161 Å². The summed E-state index contributed by atoms with van der Waals surface area (Å²) in [7, 11) is 0. The molecule has 6 heteroatoms. The lowest BCUT2D eigenvalue weighted by atomic mass is 10.0. The maximum Gasteiger partial charge on any atom is 0.306 e. The number of hydrogen-bond acceptors (Lipinski definition) is 6. The van der Waals surface area contributed by atoms with Crippen molar-refractivity contribution < 1.29 is 28.6 Å². The Balaban J connectivity index is 4.25. The fourth-order valence-electron chi connectivity index (χ4n) is 9.66. The molecule has 0 bridgehead atoms. The molecular weight excluding hydrogens is 997 g/mol. The Morgan fingerprint density at radius 3 is 0.765 bits per heavy atom. The molecule has 0 aromatic rings. The number of hydrogen-bond donors (Lipinski definition) is 0. The fourth-order valence-corrected chi connectivity index (χ4v) is 9.66. The van der Waals surface area contributed by atoms with Crippen molar-refractivity contribution in [2.24, 2.45) is 0 Å². The minimum Gasteiger partial charge on any atom is -0.462 e. The van der Waals surface area contributed by atoms with E-state index in [0.717, 1.165) is 128 Å². The third-order valence-corrected chi connectivity index (χ3v) is 14.7. The van der Waals surface area contributed by atoms with Crippen LogP contribution in [0.2, 0.25) is 0 Å². The Labute approximate surface area is 501 Å². The van der Waals surface area contributed by atoms with Crippen molar-refractivity contribution >= 4 is 17.9 Å². The zero-order valence-electron chi connectivity index (χ0n) is 53.3. The lowest BCUT2D eigenvalue weighted by Crippen LogP contribution is -2.30. The van der Waals surface area contributed by atoms with Crippen molar-refractivity contribution in [3.05, 3.63) is 109 Å². The minimum atomic E-state index is -0.789. The van der Waals surface area contributed by atoms with Crippen molar-refractivity contribution in [2.45, 2.75) is 335 Å². The molecular formula is C75H128O6. The van der Waals surface area contributed by atoms with E-state index >= 15 is 0 Å². The summed E-state index contributed by atoms with van der Waals surface area (Å²) in [6.07, 6.45) is 94.0. The molecule has 0 aliphatic heterocycles. The number of esters is 3. The lowest BCUT2D eigenvalue weighted by molar-refractivity contribution is -0.167. The van der Waals surface area contributed by atoms with Gasteiger partial charge in [-0.1, -0.05) is 297 Å². The second kappa shape index (κ2) is 68.6. The Hall–Kier alpha value is -3.93. The predicted octanol–water partition coefficient (Wildman–Crippen LogP) is 23.8. The fraction of sp³-hybridized carbons (Fsp3) is 0.720. The van der Waals surface area contributed by atoms with Gasteiger partial charge in [-0.05, 0) is 122 Å². The smallest absolute Gasteiger partial charge is 0.306 e. The van der Waals surface area contributed by atoms with Crippen LogP contribution in [-0.4, -0.2) is 37.2 Å². The summed E-state index contributed by atoms with van der Waals surface area (Å²) in [4.78, 5) is 38.4. The summed E-state index contributed by atoms with van der Waals surface area (Å²) in [5.41, 5.74) is 0. The SMILES string of the molecule is CC/C=C\C/C=C\C/C=C\C/C=C\C/C=C\CCCCCCCCCCCCCCCCCC(=O)OCC(COC(=O)CCCCCCC/C=C\C/C=C\C/C=C\CC)OC(=O)CCCCCCCCC/C=C\CCCCCCCC. The number of ether oxygens (including phenoxy) is 3. The zero-order valence-corrected chi connectivity index (χ0v) is 53.3. The summed E-state index contributed by atoms with van der Waals surface area (Å²) in [6.45, 7) is 6.42. The first-order chi connectivity index (χ1) is 40.0. The molecule has 6 nitrogen and oxygen atoms in total. The molecule has 0 rings (SSSR count). The molecule has 0 aliphatic rings. The van der Waals surface area contributed by atoms with E-state index in [1.54, 1.807) is 0 Å². The quantitative estimate of drug-likeness (QED) is 0.0261. The molecule has 0 aromatic heterocycles. The van der Waals surface area contributed by atoms with Crippen LogP contribution < -0.4 is 0 Å². The average Bonchev–Trinajstić information content (AvgIpc) is 3.47. The molecule has 0 saturated carbocycles. The van der Waals surface area contributed by atoms with Gasteiger partial charge < -0.3 is 14.2 Å².